The highest BCUT2D eigenvalue weighted by molar-refractivity contribution is 5.97. The maximum atomic E-state index is 12.5. The number of carboxylic acid groups (broad SMARTS) is 1. The Labute approximate surface area is 119 Å². The van der Waals surface area contributed by atoms with Crippen LogP contribution in [-0.2, 0) is 0 Å². The van der Waals surface area contributed by atoms with Gasteiger partial charge in [-0.15, -0.1) is 0 Å². The van der Waals surface area contributed by atoms with E-state index in [0.29, 0.717) is 18.0 Å². The quantitative estimate of drug-likeness (QED) is 0.903. The Bertz CT molecular complexity index is 536. The zero-order chi connectivity index (χ0) is 14.9. The van der Waals surface area contributed by atoms with Crippen LogP contribution in [0.4, 0.5) is 0 Å². The predicted molar refractivity (Wildman–Crippen MR) is 76.9 cm³/mol. The number of piperidine rings is 1. The van der Waals surface area contributed by atoms with E-state index >= 15 is 0 Å². The lowest BCUT2D eigenvalue weighted by molar-refractivity contribution is 0.0427. The predicted octanol–water partition coefficient (Wildman–Crippen LogP) is 2.89. The van der Waals surface area contributed by atoms with Crippen molar-refractivity contribution in [3.63, 3.8) is 0 Å². The molecule has 1 N–H and O–H groups in total. The van der Waals surface area contributed by atoms with Crippen LogP contribution >= 0.6 is 0 Å². The van der Waals surface area contributed by atoms with Gasteiger partial charge in [0, 0.05) is 18.7 Å². The molecular weight excluding hydrogens is 254 g/mol. The second-order valence-electron chi connectivity index (χ2n) is 6.29. The van der Waals surface area contributed by atoms with E-state index in [-0.39, 0.29) is 16.9 Å². The molecule has 1 fully saturated rings. The number of benzene rings is 1. The van der Waals surface area contributed by atoms with Crippen molar-refractivity contribution in [1.29, 1.82) is 0 Å². The van der Waals surface area contributed by atoms with Crippen molar-refractivity contribution in [3.05, 3.63) is 35.4 Å². The van der Waals surface area contributed by atoms with E-state index in [1.807, 2.05) is 4.90 Å². The third-order valence-electron chi connectivity index (χ3n) is 4.41. The summed E-state index contributed by atoms with van der Waals surface area (Å²) in [6.45, 7) is 8.01. The van der Waals surface area contributed by atoms with Crippen LogP contribution in [0, 0.1) is 11.3 Å². The molecule has 4 heteroatoms. The number of likely N-dealkylation sites (tertiary alicyclic amines) is 1. The number of carboxylic acids is 1. The Morgan fingerprint density at radius 2 is 1.95 bits per heavy atom. The maximum absolute atomic E-state index is 12.5. The van der Waals surface area contributed by atoms with E-state index in [9.17, 15) is 9.59 Å². The Balaban J connectivity index is 2.20. The minimum atomic E-state index is -1.01. The summed E-state index contributed by atoms with van der Waals surface area (Å²) < 4.78 is 0. The molecule has 1 heterocycles. The van der Waals surface area contributed by atoms with Gasteiger partial charge in [-0.25, -0.2) is 4.79 Å². The summed E-state index contributed by atoms with van der Waals surface area (Å²) >= 11 is 0. The first-order valence-electron chi connectivity index (χ1n) is 6.94. The molecular formula is C16H21NO3. The smallest absolute Gasteiger partial charge is 0.335 e. The summed E-state index contributed by atoms with van der Waals surface area (Å²) in [5.41, 5.74) is 0.703. The molecule has 0 aromatic heterocycles. The first-order chi connectivity index (χ1) is 9.31. The van der Waals surface area contributed by atoms with E-state index < -0.39 is 5.97 Å². The number of hydrogen-bond donors (Lipinski definition) is 1. The van der Waals surface area contributed by atoms with Crippen molar-refractivity contribution in [2.75, 3.05) is 13.1 Å². The highest BCUT2D eigenvalue weighted by atomic mass is 16.4. The number of carbonyl (C=O) groups is 2. The molecule has 20 heavy (non-hydrogen) atoms. The molecule has 4 nitrogen and oxygen atoms in total. The van der Waals surface area contributed by atoms with Gasteiger partial charge in [-0.05, 0) is 36.0 Å². The molecule has 1 atom stereocenters. The summed E-state index contributed by atoms with van der Waals surface area (Å²) in [6.07, 6.45) is 0.983. The van der Waals surface area contributed by atoms with Crippen LogP contribution in [0.2, 0.25) is 0 Å². The largest absolute Gasteiger partial charge is 0.478 e. The second kappa shape index (κ2) is 5.27. The van der Waals surface area contributed by atoms with Crippen molar-refractivity contribution in [2.45, 2.75) is 27.2 Å². The van der Waals surface area contributed by atoms with Crippen LogP contribution in [0.25, 0.3) is 0 Å². The summed E-state index contributed by atoms with van der Waals surface area (Å²) in [4.78, 5) is 25.3. The maximum Gasteiger partial charge on any atom is 0.335 e. The average Bonchev–Trinajstić information content (AvgIpc) is 2.41. The number of aromatic carboxylic acids is 1. The Morgan fingerprint density at radius 3 is 2.55 bits per heavy atom. The Morgan fingerprint density at radius 1 is 1.30 bits per heavy atom. The molecule has 0 radical (unpaired) electrons. The number of carbonyl (C=O) groups excluding carboxylic acids is 1. The molecule has 108 valence electrons. The standard InChI is InChI=1S/C16H21NO3/c1-11-7-8-17(10-16(11,2)3)14(18)12-5-4-6-13(9-12)15(19)20/h4-6,9,11H,7-8,10H2,1-3H3,(H,19,20). The van der Waals surface area contributed by atoms with Crippen LogP contribution < -0.4 is 0 Å². The molecule has 1 aromatic carbocycles. The van der Waals surface area contributed by atoms with Crippen LogP contribution in [0.3, 0.4) is 0 Å². The van der Waals surface area contributed by atoms with Gasteiger partial charge in [0.1, 0.15) is 0 Å². The summed E-state index contributed by atoms with van der Waals surface area (Å²) in [6, 6.07) is 6.26. The molecule has 1 saturated heterocycles. The van der Waals surface area contributed by atoms with Crippen molar-refractivity contribution in [1.82, 2.24) is 4.90 Å². The van der Waals surface area contributed by atoms with Crippen molar-refractivity contribution < 1.29 is 14.7 Å². The lowest BCUT2D eigenvalue weighted by atomic mass is 9.75. The third kappa shape index (κ3) is 2.84. The zero-order valence-electron chi connectivity index (χ0n) is 12.2. The SMILES string of the molecule is CC1CCN(C(=O)c2cccc(C(=O)O)c2)CC1(C)C. The monoisotopic (exact) mass is 275 g/mol. The van der Waals surface area contributed by atoms with Gasteiger partial charge >= 0.3 is 5.97 Å². The molecule has 1 aromatic rings. The Hall–Kier alpha value is -1.84. The first-order valence-corrected chi connectivity index (χ1v) is 6.94. The van der Waals surface area contributed by atoms with Gasteiger partial charge in [0.25, 0.3) is 5.91 Å². The molecule has 0 saturated carbocycles. The van der Waals surface area contributed by atoms with Gasteiger partial charge in [-0.3, -0.25) is 4.79 Å². The molecule has 1 aliphatic rings. The zero-order valence-corrected chi connectivity index (χ0v) is 12.2. The normalized spacial score (nSPS) is 21.6. The molecule has 0 aliphatic carbocycles. The Kier molecular flexibility index (Phi) is 3.84. The molecule has 1 amide bonds. The lowest BCUT2D eigenvalue weighted by Crippen LogP contribution is -2.47. The molecule has 1 unspecified atom stereocenters. The van der Waals surface area contributed by atoms with E-state index in [0.717, 1.165) is 13.0 Å². The van der Waals surface area contributed by atoms with Crippen LogP contribution in [0.15, 0.2) is 24.3 Å². The number of nitrogens with zero attached hydrogens (tertiary/aromatic N) is 1. The van der Waals surface area contributed by atoms with Crippen molar-refractivity contribution >= 4 is 11.9 Å². The van der Waals surface area contributed by atoms with Crippen molar-refractivity contribution in [3.8, 4) is 0 Å². The van der Waals surface area contributed by atoms with Crippen LogP contribution in [0.1, 0.15) is 47.9 Å². The minimum absolute atomic E-state index is 0.0759. The van der Waals surface area contributed by atoms with E-state index in [1.54, 1.807) is 12.1 Å². The van der Waals surface area contributed by atoms with Crippen molar-refractivity contribution in [2.24, 2.45) is 11.3 Å². The second-order valence-corrected chi connectivity index (χ2v) is 6.29. The summed E-state index contributed by atoms with van der Waals surface area (Å²) in [5.74, 6) is -0.503. The van der Waals surface area contributed by atoms with Crippen LogP contribution in [0.5, 0.6) is 0 Å². The molecule has 1 aliphatic heterocycles. The lowest BCUT2D eigenvalue weighted by Gasteiger charge is -2.43. The highest BCUT2D eigenvalue weighted by Gasteiger charge is 2.35. The van der Waals surface area contributed by atoms with E-state index in [2.05, 4.69) is 20.8 Å². The first kappa shape index (κ1) is 14.6. The van der Waals surface area contributed by atoms with Gasteiger partial charge in [-0.1, -0.05) is 26.8 Å². The van der Waals surface area contributed by atoms with Gasteiger partial charge in [0.15, 0.2) is 0 Å². The van der Waals surface area contributed by atoms with Gasteiger partial charge in [0.05, 0.1) is 5.56 Å². The van der Waals surface area contributed by atoms with Gasteiger partial charge in [0.2, 0.25) is 0 Å². The van der Waals surface area contributed by atoms with Gasteiger partial charge in [-0.2, -0.15) is 0 Å². The minimum Gasteiger partial charge on any atom is -0.478 e. The van der Waals surface area contributed by atoms with Crippen LogP contribution in [-0.4, -0.2) is 35.0 Å². The molecule has 0 bridgehead atoms. The number of rotatable bonds is 2. The number of amides is 1. The number of hydrogen-bond acceptors (Lipinski definition) is 2. The average molecular weight is 275 g/mol. The highest BCUT2D eigenvalue weighted by Crippen LogP contribution is 2.34. The summed E-state index contributed by atoms with van der Waals surface area (Å²) in [5, 5.41) is 8.99. The fraction of sp³-hybridized carbons (Fsp3) is 0.500. The molecule has 0 spiro atoms. The third-order valence-corrected chi connectivity index (χ3v) is 4.41. The topological polar surface area (TPSA) is 57.6 Å². The fourth-order valence-electron chi connectivity index (χ4n) is 2.61. The molecule has 2 rings (SSSR count). The van der Waals surface area contributed by atoms with Gasteiger partial charge < -0.3 is 10.0 Å². The summed E-state index contributed by atoms with van der Waals surface area (Å²) in [7, 11) is 0. The van der Waals surface area contributed by atoms with E-state index in [1.165, 1.54) is 12.1 Å². The fourth-order valence-corrected chi connectivity index (χ4v) is 2.61. The van der Waals surface area contributed by atoms with E-state index in [4.69, 9.17) is 5.11 Å².